The van der Waals surface area contributed by atoms with Crippen molar-refractivity contribution in [1.82, 2.24) is 14.9 Å². The van der Waals surface area contributed by atoms with E-state index >= 15 is 0 Å². The Hall–Kier alpha value is -4.86. The van der Waals surface area contributed by atoms with Crippen molar-refractivity contribution in [1.29, 1.82) is 0 Å². The fourth-order valence-corrected chi connectivity index (χ4v) is 6.39. The predicted molar refractivity (Wildman–Crippen MR) is 162 cm³/mol. The van der Waals surface area contributed by atoms with E-state index in [0.29, 0.717) is 51.1 Å². The average Bonchev–Trinajstić information content (AvgIpc) is 3.61. The van der Waals surface area contributed by atoms with E-state index in [-0.39, 0.29) is 18.3 Å². The number of pyridine rings is 1. The molecule has 2 atom stereocenters. The van der Waals surface area contributed by atoms with Crippen LogP contribution >= 0.6 is 11.3 Å². The molecule has 0 saturated carbocycles. The molecule has 0 radical (unpaired) electrons. The number of amides is 1. The summed E-state index contributed by atoms with van der Waals surface area (Å²) in [6, 6.07) is 8.87. The largest absolute Gasteiger partial charge is 0.496 e. The Morgan fingerprint density at radius 1 is 1.00 bits per heavy atom. The third-order valence-corrected chi connectivity index (χ3v) is 9.14. The van der Waals surface area contributed by atoms with Crippen LogP contribution in [0, 0.1) is 0 Å². The maximum Gasteiger partial charge on any atom is 0.416 e. The Morgan fingerprint density at radius 2 is 1.69 bits per heavy atom. The Labute approximate surface area is 273 Å². The highest BCUT2D eigenvalue weighted by Gasteiger charge is 2.43. The standard InChI is InChI=1S/C32H26F6N4O5S/c1-16-27(18-10-19(31(33,34)35)13-20(11-18)32(36,37)38)47-30(45)42(16)14-23-21(5-7-26(39-23)41-8-3-9-41)22-12-17(4-6-25(22)46-2)28-40-24(15-48-28)29(43)44/h4-7,10-13,15-16,27H,3,8-9,14H2,1-2H3,(H,43,44)/t16-,27-/m0/s1. The zero-order chi connectivity index (χ0) is 34.5. The number of halogens is 6. The lowest BCUT2D eigenvalue weighted by Crippen LogP contribution is -2.38. The van der Waals surface area contributed by atoms with E-state index in [4.69, 9.17) is 14.5 Å². The van der Waals surface area contributed by atoms with Crippen LogP contribution in [0.2, 0.25) is 0 Å². The molecule has 4 heterocycles. The second kappa shape index (κ2) is 12.3. The number of alkyl halides is 6. The molecule has 6 rings (SSSR count). The van der Waals surface area contributed by atoms with Gasteiger partial charge in [0.1, 0.15) is 22.7 Å². The number of nitrogens with zero attached hydrogens (tertiary/aromatic N) is 4. The molecule has 252 valence electrons. The van der Waals surface area contributed by atoms with Gasteiger partial charge in [-0.2, -0.15) is 26.3 Å². The van der Waals surface area contributed by atoms with Crippen molar-refractivity contribution in [2.24, 2.45) is 0 Å². The van der Waals surface area contributed by atoms with Crippen LogP contribution in [-0.4, -0.2) is 58.3 Å². The van der Waals surface area contributed by atoms with Crippen molar-refractivity contribution >= 4 is 29.2 Å². The van der Waals surface area contributed by atoms with Gasteiger partial charge in [-0.15, -0.1) is 11.3 Å². The summed E-state index contributed by atoms with van der Waals surface area (Å²) >= 11 is 1.13. The van der Waals surface area contributed by atoms with Gasteiger partial charge in [0.05, 0.1) is 36.5 Å². The minimum absolute atomic E-state index is 0.0237. The number of hydrogen-bond donors (Lipinski definition) is 1. The molecule has 4 aromatic rings. The van der Waals surface area contributed by atoms with Gasteiger partial charge in [0.25, 0.3) is 0 Å². The van der Waals surface area contributed by atoms with Crippen LogP contribution in [0.3, 0.4) is 0 Å². The molecule has 0 unspecified atom stereocenters. The molecule has 16 heteroatoms. The predicted octanol–water partition coefficient (Wildman–Crippen LogP) is 7.91. The maximum atomic E-state index is 13.6. The molecular weight excluding hydrogens is 666 g/mol. The number of rotatable bonds is 8. The van der Waals surface area contributed by atoms with Crippen LogP contribution in [0.25, 0.3) is 21.7 Å². The zero-order valence-corrected chi connectivity index (χ0v) is 26.0. The smallest absolute Gasteiger partial charge is 0.416 e. The molecule has 1 N–H and O–H groups in total. The number of anilines is 1. The number of carbonyl (C=O) groups excluding carboxylic acids is 1. The number of hydrogen-bond acceptors (Lipinski definition) is 8. The molecule has 2 saturated heterocycles. The highest BCUT2D eigenvalue weighted by molar-refractivity contribution is 7.13. The summed E-state index contributed by atoms with van der Waals surface area (Å²) < 4.78 is 92.6. The van der Waals surface area contributed by atoms with Crippen LogP contribution < -0.4 is 9.64 Å². The number of carboxylic acid groups (broad SMARTS) is 1. The minimum atomic E-state index is -5.07. The first-order valence-corrected chi connectivity index (χ1v) is 15.4. The fraction of sp³-hybridized carbons (Fsp3) is 0.312. The first kappa shape index (κ1) is 33.1. The van der Waals surface area contributed by atoms with Gasteiger partial charge in [-0.05, 0) is 67.4 Å². The molecular formula is C32H26F6N4O5S. The summed E-state index contributed by atoms with van der Waals surface area (Å²) in [6.45, 7) is 2.78. The van der Waals surface area contributed by atoms with Gasteiger partial charge in [0.15, 0.2) is 5.69 Å². The molecule has 9 nitrogen and oxygen atoms in total. The van der Waals surface area contributed by atoms with Gasteiger partial charge in [0.2, 0.25) is 0 Å². The summed E-state index contributed by atoms with van der Waals surface area (Å²) in [6.07, 6.45) is -11.6. The lowest BCUT2D eigenvalue weighted by molar-refractivity contribution is -0.143. The molecule has 2 fully saturated rings. The number of carboxylic acids is 1. The van der Waals surface area contributed by atoms with E-state index in [2.05, 4.69) is 4.98 Å². The van der Waals surface area contributed by atoms with Gasteiger partial charge in [-0.25, -0.2) is 19.6 Å². The number of benzene rings is 2. The highest BCUT2D eigenvalue weighted by Crippen LogP contribution is 2.43. The topological polar surface area (TPSA) is 105 Å². The number of aromatic nitrogens is 2. The highest BCUT2D eigenvalue weighted by atomic mass is 32.1. The number of methoxy groups -OCH3 is 1. The summed E-state index contributed by atoms with van der Waals surface area (Å²) in [5.41, 5.74) is -1.58. The second-order valence-electron chi connectivity index (χ2n) is 11.3. The van der Waals surface area contributed by atoms with E-state index in [1.807, 2.05) is 4.90 Å². The van der Waals surface area contributed by atoms with Crippen LogP contribution in [0.4, 0.5) is 37.0 Å². The van der Waals surface area contributed by atoms with Crippen LogP contribution in [0.5, 0.6) is 5.75 Å². The molecule has 48 heavy (non-hydrogen) atoms. The Bertz CT molecular complexity index is 1860. The van der Waals surface area contributed by atoms with Crippen molar-refractivity contribution in [3.05, 3.63) is 82.0 Å². The molecule has 2 aliphatic rings. The van der Waals surface area contributed by atoms with E-state index in [1.165, 1.54) is 24.3 Å². The molecule has 0 bridgehead atoms. The lowest BCUT2D eigenvalue weighted by atomic mass is 9.97. The third kappa shape index (κ3) is 6.35. The molecule has 2 aromatic heterocycles. The Balaban J connectivity index is 1.39. The zero-order valence-electron chi connectivity index (χ0n) is 25.2. The molecule has 0 aliphatic carbocycles. The third-order valence-electron chi connectivity index (χ3n) is 8.25. The van der Waals surface area contributed by atoms with E-state index < -0.39 is 53.3 Å². The van der Waals surface area contributed by atoms with Crippen LogP contribution in [0.15, 0.2) is 53.9 Å². The first-order valence-electron chi connectivity index (χ1n) is 14.5. The number of cyclic esters (lactones) is 1. The maximum absolute atomic E-state index is 13.6. The van der Waals surface area contributed by atoms with E-state index in [1.54, 1.807) is 30.3 Å². The monoisotopic (exact) mass is 692 g/mol. The average molecular weight is 693 g/mol. The normalized spacial score (nSPS) is 18.1. The Kier molecular flexibility index (Phi) is 8.47. The summed E-state index contributed by atoms with van der Waals surface area (Å²) in [7, 11) is 1.46. The summed E-state index contributed by atoms with van der Waals surface area (Å²) in [5, 5.41) is 11.2. The van der Waals surface area contributed by atoms with Crippen molar-refractivity contribution in [3.8, 4) is 27.4 Å². The molecule has 0 spiro atoms. The SMILES string of the molecule is COc1ccc(-c2nc(C(=O)O)cs2)cc1-c1ccc(N2CCC2)nc1CN1C(=O)O[C@H](c2cc(C(F)(F)F)cc(C(F)(F)F)c2)[C@@H]1C. The lowest BCUT2D eigenvalue weighted by Gasteiger charge is -2.33. The Morgan fingerprint density at radius 3 is 2.25 bits per heavy atom. The number of aromatic carboxylic acids is 1. The van der Waals surface area contributed by atoms with Gasteiger partial charge >= 0.3 is 24.4 Å². The van der Waals surface area contributed by atoms with E-state index in [0.717, 1.165) is 30.8 Å². The van der Waals surface area contributed by atoms with Crippen molar-refractivity contribution in [2.45, 2.75) is 44.4 Å². The molecule has 1 amide bonds. The van der Waals surface area contributed by atoms with Crippen LogP contribution in [-0.2, 0) is 23.6 Å². The van der Waals surface area contributed by atoms with Crippen LogP contribution in [0.1, 0.15) is 52.3 Å². The number of carbonyl (C=O) groups is 2. The molecule has 2 aliphatic heterocycles. The minimum Gasteiger partial charge on any atom is -0.496 e. The van der Waals surface area contributed by atoms with E-state index in [9.17, 15) is 41.0 Å². The fourth-order valence-electron chi connectivity index (χ4n) is 5.60. The van der Waals surface area contributed by atoms with Gasteiger partial charge in [0, 0.05) is 35.2 Å². The molecule has 2 aromatic carbocycles. The summed E-state index contributed by atoms with van der Waals surface area (Å²) in [4.78, 5) is 36.9. The van der Waals surface area contributed by atoms with Crippen molar-refractivity contribution < 1.29 is 50.5 Å². The van der Waals surface area contributed by atoms with Crippen molar-refractivity contribution in [3.63, 3.8) is 0 Å². The summed E-state index contributed by atoms with van der Waals surface area (Å²) in [5.74, 6) is -0.137. The number of ether oxygens (including phenoxy) is 2. The second-order valence-corrected chi connectivity index (χ2v) is 12.1. The van der Waals surface area contributed by atoms with Gasteiger partial charge in [-0.1, -0.05) is 0 Å². The van der Waals surface area contributed by atoms with Gasteiger partial charge < -0.3 is 19.5 Å². The van der Waals surface area contributed by atoms with Crippen molar-refractivity contribution in [2.75, 3.05) is 25.1 Å². The first-order chi connectivity index (χ1) is 22.6. The number of thiazole rings is 1. The quantitative estimate of drug-likeness (QED) is 0.186. The van der Waals surface area contributed by atoms with Gasteiger partial charge in [-0.3, -0.25) is 4.90 Å².